The average molecular weight is 227 g/mol. The van der Waals surface area contributed by atoms with Crippen LogP contribution in [-0.4, -0.2) is 43.8 Å². The van der Waals surface area contributed by atoms with Crippen LogP contribution in [0.3, 0.4) is 0 Å². The first-order chi connectivity index (χ1) is 7.00. The van der Waals surface area contributed by atoms with E-state index in [0.29, 0.717) is 18.0 Å². The molecule has 0 atom stereocenters. The molecule has 0 radical (unpaired) electrons. The lowest BCUT2D eigenvalue weighted by atomic mass is 10.2. The number of rotatable bonds is 2. The third-order valence-corrected chi connectivity index (χ3v) is 4.74. The molecule has 82 valence electrons. The highest BCUT2D eigenvalue weighted by atomic mass is 32.2. The minimum absolute atomic E-state index is 0.0830. The molecular weight excluding hydrogens is 214 g/mol. The van der Waals surface area contributed by atoms with Crippen molar-refractivity contribution >= 4 is 9.84 Å². The van der Waals surface area contributed by atoms with Gasteiger partial charge in [-0.3, -0.25) is 0 Å². The number of sulfone groups is 1. The maximum Gasteiger partial charge on any atom is 0.183 e. The largest absolute Gasteiger partial charge is 0.508 e. The van der Waals surface area contributed by atoms with E-state index in [2.05, 4.69) is 0 Å². The molecule has 1 heterocycles. The summed E-state index contributed by atoms with van der Waals surface area (Å²) >= 11 is 0. The van der Waals surface area contributed by atoms with Gasteiger partial charge in [-0.2, -0.15) is 0 Å². The number of nitrogens with zero attached hydrogens (tertiary/aromatic N) is 1. The molecule has 1 aromatic rings. The van der Waals surface area contributed by atoms with E-state index in [9.17, 15) is 8.42 Å². The maximum absolute atomic E-state index is 12.0. The molecule has 1 saturated heterocycles. The molecule has 4 nitrogen and oxygen atoms in total. The summed E-state index contributed by atoms with van der Waals surface area (Å²) in [4.78, 5) is 2.25. The molecule has 0 aromatic heterocycles. The zero-order valence-corrected chi connectivity index (χ0v) is 9.24. The Bertz CT molecular complexity index is 446. The van der Waals surface area contributed by atoms with Gasteiger partial charge in [-0.15, -0.1) is 0 Å². The third kappa shape index (κ3) is 1.85. The van der Waals surface area contributed by atoms with Crippen LogP contribution < -0.4 is 0 Å². The lowest BCUT2D eigenvalue weighted by Gasteiger charge is -2.35. The van der Waals surface area contributed by atoms with Gasteiger partial charge in [0.1, 0.15) is 5.75 Å². The highest BCUT2D eigenvalue weighted by Crippen LogP contribution is 2.23. The van der Waals surface area contributed by atoms with Crippen LogP contribution in [0.1, 0.15) is 0 Å². The fraction of sp³-hybridized carbons (Fsp3) is 0.400. The van der Waals surface area contributed by atoms with Crippen molar-refractivity contribution in [2.75, 3.05) is 20.1 Å². The van der Waals surface area contributed by atoms with Crippen LogP contribution >= 0.6 is 0 Å². The lowest BCUT2D eigenvalue weighted by Crippen LogP contribution is -2.52. The van der Waals surface area contributed by atoms with E-state index >= 15 is 0 Å². The highest BCUT2D eigenvalue weighted by molar-refractivity contribution is 7.92. The maximum atomic E-state index is 12.0. The van der Waals surface area contributed by atoms with Crippen LogP contribution in [0, 0.1) is 0 Å². The summed E-state index contributed by atoms with van der Waals surface area (Å²) < 4.78 is 23.9. The van der Waals surface area contributed by atoms with E-state index < -0.39 is 9.84 Å². The van der Waals surface area contributed by atoms with Gasteiger partial charge in [0.05, 0.1) is 10.1 Å². The molecule has 1 aliphatic rings. The molecular formula is C10H13NO3S. The summed E-state index contributed by atoms with van der Waals surface area (Å²) in [5.74, 6) is 0.0830. The first kappa shape index (κ1) is 10.4. The molecule has 0 aliphatic carbocycles. The van der Waals surface area contributed by atoms with Crippen LogP contribution in [0.25, 0.3) is 0 Å². The van der Waals surface area contributed by atoms with Gasteiger partial charge in [0, 0.05) is 13.1 Å². The number of likely N-dealkylation sites (tertiary alicyclic amines) is 1. The SMILES string of the molecule is CN1CC(S(=O)(=O)c2ccc(O)cc2)C1. The van der Waals surface area contributed by atoms with Crippen molar-refractivity contribution in [3.05, 3.63) is 24.3 Å². The average Bonchev–Trinajstić information content (AvgIpc) is 2.13. The fourth-order valence-corrected chi connectivity index (χ4v) is 3.47. The van der Waals surface area contributed by atoms with E-state index in [4.69, 9.17) is 5.11 Å². The minimum atomic E-state index is -3.20. The fourth-order valence-electron chi connectivity index (χ4n) is 1.67. The van der Waals surface area contributed by atoms with Gasteiger partial charge in [-0.25, -0.2) is 8.42 Å². The predicted molar refractivity (Wildman–Crippen MR) is 56.6 cm³/mol. The number of phenolic OH excluding ortho intramolecular Hbond substituents is 1. The molecule has 0 saturated carbocycles. The topological polar surface area (TPSA) is 57.6 Å². The Labute approximate surface area is 89.1 Å². The summed E-state index contributed by atoms with van der Waals surface area (Å²) in [5, 5.41) is 8.77. The van der Waals surface area contributed by atoms with Crippen LogP contribution in [0.4, 0.5) is 0 Å². The van der Waals surface area contributed by atoms with Gasteiger partial charge in [0.25, 0.3) is 0 Å². The zero-order valence-electron chi connectivity index (χ0n) is 8.42. The van der Waals surface area contributed by atoms with Crippen LogP contribution in [0.15, 0.2) is 29.2 Å². The highest BCUT2D eigenvalue weighted by Gasteiger charge is 2.36. The molecule has 0 spiro atoms. The second kappa shape index (κ2) is 3.50. The normalized spacial score (nSPS) is 18.7. The summed E-state index contributed by atoms with van der Waals surface area (Å²) in [7, 11) is -1.31. The quantitative estimate of drug-likeness (QED) is 0.798. The van der Waals surface area contributed by atoms with E-state index in [1.54, 1.807) is 0 Å². The van der Waals surface area contributed by atoms with E-state index in [-0.39, 0.29) is 11.0 Å². The van der Waals surface area contributed by atoms with Crippen molar-refractivity contribution in [1.82, 2.24) is 4.90 Å². The first-order valence-electron chi connectivity index (χ1n) is 4.71. The van der Waals surface area contributed by atoms with Crippen LogP contribution in [0.2, 0.25) is 0 Å². The molecule has 2 rings (SSSR count). The van der Waals surface area contributed by atoms with Crippen molar-refractivity contribution in [2.24, 2.45) is 0 Å². The third-order valence-electron chi connectivity index (χ3n) is 2.63. The Morgan fingerprint density at radius 1 is 1.27 bits per heavy atom. The smallest absolute Gasteiger partial charge is 0.183 e. The van der Waals surface area contributed by atoms with Crippen molar-refractivity contribution in [2.45, 2.75) is 10.1 Å². The van der Waals surface area contributed by atoms with Crippen molar-refractivity contribution in [3.63, 3.8) is 0 Å². The van der Waals surface area contributed by atoms with Gasteiger partial charge in [-0.1, -0.05) is 0 Å². The summed E-state index contributed by atoms with van der Waals surface area (Å²) in [6.07, 6.45) is 0. The van der Waals surface area contributed by atoms with Crippen LogP contribution in [-0.2, 0) is 9.84 Å². The number of phenols is 1. The molecule has 15 heavy (non-hydrogen) atoms. The van der Waals surface area contributed by atoms with Gasteiger partial charge >= 0.3 is 0 Å². The van der Waals surface area contributed by atoms with Crippen molar-refractivity contribution in [1.29, 1.82) is 0 Å². The predicted octanol–water partition coefficient (Wildman–Crippen LogP) is 0.480. The van der Waals surface area contributed by atoms with Crippen molar-refractivity contribution < 1.29 is 13.5 Å². The van der Waals surface area contributed by atoms with E-state index in [1.165, 1.54) is 24.3 Å². The lowest BCUT2D eigenvalue weighted by molar-refractivity contribution is 0.232. The standard InChI is InChI=1S/C10H13NO3S/c1-11-6-10(7-11)15(13,14)9-4-2-8(12)3-5-9/h2-5,10,12H,6-7H2,1H3. The van der Waals surface area contributed by atoms with Gasteiger partial charge in [0.15, 0.2) is 9.84 Å². The Kier molecular flexibility index (Phi) is 2.44. The van der Waals surface area contributed by atoms with E-state index in [0.717, 1.165) is 0 Å². The molecule has 0 bridgehead atoms. The summed E-state index contributed by atoms with van der Waals surface area (Å²) in [5.41, 5.74) is 0. The summed E-state index contributed by atoms with van der Waals surface area (Å²) in [6.45, 7) is 1.17. The van der Waals surface area contributed by atoms with Gasteiger partial charge in [0.2, 0.25) is 0 Å². The Morgan fingerprint density at radius 2 is 1.80 bits per heavy atom. The van der Waals surface area contributed by atoms with E-state index in [1.807, 2.05) is 11.9 Å². The molecule has 0 unspecified atom stereocenters. The molecule has 5 heteroatoms. The molecule has 1 aromatic carbocycles. The minimum Gasteiger partial charge on any atom is -0.508 e. The Balaban J connectivity index is 2.26. The Morgan fingerprint density at radius 3 is 2.27 bits per heavy atom. The van der Waals surface area contributed by atoms with Crippen LogP contribution in [0.5, 0.6) is 5.75 Å². The first-order valence-corrected chi connectivity index (χ1v) is 6.26. The second-order valence-corrected chi connectivity index (χ2v) is 6.11. The molecule has 0 amide bonds. The molecule has 1 N–H and O–H groups in total. The zero-order chi connectivity index (χ0) is 11.1. The number of hydrogen-bond donors (Lipinski definition) is 1. The Hall–Kier alpha value is -1.07. The monoisotopic (exact) mass is 227 g/mol. The molecule has 1 fully saturated rings. The number of benzene rings is 1. The summed E-state index contributed by atoms with van der Waals surface area (Å²) in [6, 6.07) is 5.69. The van der Waals surface area contributed by atoms with Gasteiger partial charge < -0.3 is 10.0 Å². The molecule has 1 aliphatic heterocycles. The van der Waals surface area contributed by atoms with Gasteiger partial charge in [-0.05, 0) is 31.3 Å². The second-order valence-electron chi connectivity index (χ2n) is 3.88. The van der Waals surface area contributed by atoms with Crippen molar-refractivity contribution in [3.8, 4) is 5.75 Å². The number of aromatic hydroxyl groups is 1. The number of hydrogen-bond acceptors (Lipinski definition) is 4.